The number of rotatable bonds is 4. The molecule has 0 saturated heterocycles. The van der Waals surface area contributed by atoms with E-state index in [4.69, 9.17) is 4.74 Å². The predicted molar refractivity (Wildman–Crippen MR) is 74.3 cm³/mol. The Bertz CT molecular complexity index is 596. The molecule has 0 aliphatic rings. The fourth-order valence-electron chi connectivity index (χ4n) is 1.93. The van der Waals surface area contributed by atoms with Crippen LogP contribution in [-0.2, 0) is 11.3 Å². The van der Waals surface area contributed by atoms with E-state index in [0.717, 1.165) is 10.9 Å². The molecule has 0 saturated carbocycles. The minimum atomic E-state index is -0.373. The minimum absolute atomic E-state index is 0.115. The molecule has 2 aromatic rings. The van der Waals surface area contributed by atoms with Crippen LogP contribution in [0, 0.1) is 10.1 Å². The van der Waals surface area contributed by atoms with Gasteiger partial charge in [0.05, 0.1) is 22.6 Å². The second-order valence-electron chi connectivity index (χ2n) is 5.47. The van der Waals surface area contributed by atoms with E-state index in [-0.39, 0.29) is 16.2 Å². The Balaban J connectivity index is 2.19. The third-order valence-electron chi connectivity index (χ3n) is 2.84. The summed E-state index contributed by atoms with van der Waals surface area (Å²) in [5, 5.41) is 11.8. The van der Waals surface area contributed by atoms with E-state index in [0.29, 0.717) is 13.2 Å². The Hall–Kier alpha value is -1.88. The summed E-state index contributed by atoms with van der Waals surface area (Å²) < 4.78 is 7.65. The summed E-state index contributed by atoms with van der Waals surface area (Å²) in [4.78, 5) is 10.4. The molecule has 0 fully saturated rings. The molecule has 0 N–H and O–H groups in total. The van der Waals surface area contributed by atoms with Crippen LogP contribution in [0.2, 0.25) is 0 Å². The number of hydrogen-bond acceptors (Lipinski definition) is 3. The van der Waals surface area contributed by atoms with E-state index < -0.39 is 0 Å². The first kappa shape index (κ1) is 13.5. The number of ether oxygens (including phenoxy) is 1. The molecule has 2 rings (SSSR count). The Labute approximate surface area is 111 Å². The zero-order valence-electron chi connectivity index (χ0n) is 11.4. The van der Waals surface area contributed by atoms with Gasteiger partial charge in [-0.2, -0.15) is 0 Å². The van der Waals surface area contributed by atoms with Gasteiger partial charge in [-0.3, -0.25) is 10.1 Å². The van der Waals surface area contributed by atoms with Crippen LogP contribution in [0.3, 0.4) is 0 Å². The monoisotopic (exact) mass is 262 g/mol. The fourth-order valence-corrected chi connectivity index (χ4v) is 1.93. The van der Waals surface area contributed by atoms with E-state index in [1.165, 1.54) is 6.07 Å². The third-order valence-corrected chi connectivity index (χ3v) is 2.84. The van der Waals surface area contributed by atoms with Crippen molar-refractivity contribution in [3.05, 3.63) is 40.6 Å². The van der Waals surface area contributed by atoms with Crippen molar-refractivity contribution in [2.75, 3.05) is 6.61 Å². The molecule has 0 atom stereocenters. The molecule has 1 aromatic carbocycles. The molecule has 1 aromatic heterocycles. The van der Waals surface area contributed by atoms with Gasteiger partial charge in [0.2, 0.25) is 0 Å². The highest BCUT2D eigenvalue weighted by atomic mass is 16.6. The lowest BCUT2D eigenvalue weighted by molar-refractivity contribution is -0.384. The zero-order chi connectivity index (χ0) is 14.0. The quantitative estimate of drug-likeness (QED) is 0.627. The molecular formula is C14H18N2O3. The SMILES string of the molecule is CC(C)(C)OCCn1ccc2ccc([N+](=O)[O-])cc21. The highest BCUT2D eigenvalue weighted by Gasteiger charge is 2.11. The van der Waals surface area contributed by atoms with Gasteiger partial charge in [-0.05, 0) is 32.9 Å². The summed E-state index contributed by atoms with van der Waals surface area (Å²) in [5.74, 6) is 0. The van der Waals surface area contributed by atoms with Gasteiger partial charge in [-0.25, -0.2) is 0 Å². The Kier molecular flexibility index (Phi) is 3.57. The van der Waals surface area contributed by atoms with Gasteiger partial charge >= 0.3 is 0 Å². The standard InChI is InChI=1S/C14H18N2O3/c1-14(2,3)19-9-8-15-7-6-11-4-5-12(16(17)18)10-13(11)15/h4-7,10H,8-9H2,1-3H3. The molecule has 5 heteroatoms. The fraction of sp³-hybridized carbons (Fsp3) is 0.429. The topological polar surface area (TPSA) is 57.3 Å². The van der Waals surface area contributed by atoms with Crippen LogP contribution in [0.4, 0.5) is 5.69 Å². The van der Waals surface area contributed by atoms with Crippen LogP contribution >= 0.6 is 0 Å². The molecule has 0 radical (unpaired) electrons. The lowest BCUT2D eigenvalue weighted by atomic mass is 10.2. The molecule has 1 heterocycles. The van der Waals surface area contributed by atoms with Crippen LogP contribution in [0.1, 0.15) is 20.8 Å². The zero-order valence-corrected chi connectivity index (χ0v) is 11.4. The van der Waals surface area contributed by atoms with Gasteiger partial charge in [-0.1, -0.05) is 0 Å². The predicted octanol–water partition coefficient (Wildman–Crippen LogP) is 3.36. The average Bonchev–Trinajstić information content (AvgIpc) is 2.70. The van der Waals surface area contributed by atoms with Gasteiger partial charge in [0, 0.05) is 30.3 Å². The largest absolute Gasteiger partial charge is 0.374 e. The van der Waals surface area contributed by atoms with Gasteiger partial charge < -0.3 is 9.30 Å². The van der Waals surface area contributed by atoms with Crippen LogP contribution in [0.25, 0.3) is 10.9 Å². The van der Waals surface area contributed by atoms with E-state index in [1.54, 1.807) is 12.1 Å². The summed E-state index contributed by atoms with van der Waals surface area (Å²) in [5.41, 5.74) is 0.811. The van der Waals surface area contributed by atoms with Gasteiger partial charge in [0.25, 0.3) is 5.69 Å². The molecule has 0 amide bonds. The van der Waals surface area contributed by atoms with Crippen molar-refractivity contribution in [2.45, 2.75) is 32.9 Å². The highest BCUT2D eigenvalue weighted by molar-refractivity contribution is 5.82. The molecule has 0 spiro atoms. The van der Waals surface area contributed by atoms with Crippen molar-refractivity contribution in [3.63, 3.8) is 0 Å². The Morgan fingerprint density at radius 2 is 2.05 bits per heavy atom. The lowest BCUT2D eigenvalue weighted by Crippen LogP contribution is -2.21. The molecule has 19 heavy (non-hydrogen) atoms. The average molecular weight is 262 g/mol. The molecule has 0 aliphatic heterocycles. The third kappa shape index (κ3) is 3.32. The number of aromatic nitrogens is 1. The van der Waals surface area contributed by atoms with Crippen molar-refractivity contribution >= 4 is 16.6 Å². The van der Waals surface area contributed by atoms with Crippen molar-refractivity contribution in [2.24, 2.45) is 0 Å². The van der Waals surface area contributed by atoms with Crippen molar-refractivity contribution in [1.29, 1.82) is 0 Å². The van der Waals surface area contributed by atoms with Gasteiger partial charge in [0.15, 0.2) is 0 Å². The number of nitro groups is 1. The van der Waals surface area contributed by atoms with Crippen LogP contribution in [0.15, 0.2) is 30.5 Å². The van der Waals surface area contributed by atoms with E-state index in [2.05, 4.69) is 0 Å². The maximum Gasteiger partial charge on any atom is 0.271 e. The van der Waals surface area contributed by atoms with E-state index in [1.807, 2.05) is 37.6 Å². The maximum absolute atomic E-state index is 10.8. The smallest absolute Gasteiger partial charge is 0.271 e. The van der Waals surface area contributed by atoms with Gasteiger partial charge in [-0.15, -0.1) is 0 Å². The summed E-state index contributed by atoms with van der Waals surface area (Å²) in [7, 11) is 0. The summed E-state index contributed by atoms with van der Waals surface area (Å²) in [6, 6.07) is 6.86. The normalized spacial score (nSPS) is 11.9. The van der Waals surface area contributed by atoms with Crippen molar-refractivity contribution in [1.82, 2.24) is 4.57 Å². The highest BCUT2D eigenvalue weighted by Crippen LogP contribution is 2.22. The molecular weight excluding hydrogens is 244 g/mol. The maximum atomic E-state index is 10.8. The van der Waals surface area contributed by atoms with Crippen molar-refractivity contribution in [3.8, 4) is 0 Å². The second kappa shape index (κ2) is 5.01. The Morgan fingerprint density at radius 3 is 2.68 bits per heavy atom. The minimum Gasteiger partial charge on any atom is -0.374 e. The molecule has 5 nitrogen and oxygen atoms in total. The van der Waals surface area contributed by atoms with Crippen LogP contribution < -0.4 is 0 Å². The lowest BCUT2D eigenvalue weighted by Gasteiger charge is -2.19. The van der Waals surface area contributed by atoms with E-state index >= 15 is 0 Å². The number of benzene rings is 1. The molecule has 0 unspecified atom stereocenters. The number of fused-ring (bicyclic) bond motifs is 1. The first-order valence-corrected chi connectivity index (χ1v) is 6.24. The summed E-state index contributed by atoms with van der Waals surface area (Å²) in [6.45, 7) is 7.28. The Morgan fingerprint density at radius 1 is 1.32 bits per heavy atom. The van der Waals surface area contributed by atoms with Crippen LogP contribution in [-0.4, -0.2) is 21.7 Å². The van der Waals surface area contributed by atoms with E-state index in [9.17, 15) is 10.1 Å². The van der Waals surface area contributed by atoms with Crippen LogP contribution in [0.5, 0.6) is 0 Å². The number of non-ortho nitro benzene ring substituents is 1. The first-order valence-electron chi connectivity index (χ1n) is 6.24. The van der Waals surface area contributed by atoms with Gasteiger partial charge in [0.1, 0.15) is 0 Å². The molecule has 0 aliphatic carbocycles. The first-order chi connectivity index (χ1) is 8.87. The summed E-state index contributed by atoms with van der Waals surface area (Å²) >= 11 is 0. The second-order valence-corrected chi connectivity index (χ2v) is 5.47. The number of hydrogen-bond donors (Lipinski definition) is 0. The molecule has 102 valence electrons. The number of nitrogens with zero attached hydrogens (tertiary/aromatic N) is 2. The number of nitro benzene ring substituents is 1. The van der Waals surface area contributed by atoms with Crippen molar-refractivity contribution < 1.29 is 9.66 Å². The summed E-state index contributed by atoms with van der Waals surface area (Å²) in [6.07, 6.45) is 1.93. The molecule has 0 bridgehead atoms.